The Morgan fingerprint density at radius 2 is 2.00 bits per heavy atom. The molecule has 2 rings (SSSR count). The molecule has 0 bridgehead atoms. The van der Waals surface area contributed by atoms with Gasteiger partial charge < -0.3 is 15.8 Å². The molecule has 0 saturated heterocycles. The zero-order valence-electron chi connectivity index (χ0n) is 10.2. The number of carbonyl (C=O) groups is 1. The number of fused-ring (bicyclic) bond motifs is 1. The number of ether oxygens (including phenoxy) is 1. The molecule has 94 valence electrons. The monoisotopic (exact) mass is 244 g/mol. The van der Waals surface area contributed by atoms with E-state index in [9.17, 15) is 4.79 Å². The highest BCUT2D eigenvalue weighted by Crippen LogP contribution is 2.23. The smallest absolute Gasteiger partial charge is 0.304 e. The maximum Gasteiger partial charge on any atom is 0.304 e. The Hall–Kier alpha value is -2.07. The van der Waals surface area contributed by atoms with Crippen LogP contribution < -0.4 is 11.1 Å². The first kappa shape index (κ1) is 12.4. The predicted molar refractivity (Wildman–Crippen MR) is 72.2 cm³/mol. The van der Waals surface area contributed by atoms with Gasteiger partial charge in [-0.2, -0.15) is 0 Å². The third-order valence-electron chi connectivity index (χ3n) is 2.63. The predicted octanol–water partition coefficient (Wildman–Crippen LogP) is 2.10. The van der Waals surface area contributed by atoms with E-state index in [1.807, 2.05) is 42.5 Å². The summed E-state index contributed by atoms with van der Waals surface area (Å²) in [5.41, 5.74) is 6.48. The molecule has 0 spiro atoms. The van der Waals surface area contributed by atoms with Crippen molar-refractivity contribution in [2.75, 3.05) is 11.9 Å². The summed E-state index contributed by atoms with van der Waals surface area (Å²) in [6.07, 6.45) is -0.506. The number of hydrogen-bond donors (Lipinski definition) is 2. The topological polar surface area (TPSA) is 64.3 Å². The first-order chi connectivity index (χ1) is 8.70. The summed E-state index contributed by atoms with van der Waals surface area (Å²) in [4.78, 5) is 10.9. The van der Waals surface area contributed by atoms with Gasteiger partial charge in [0.05, 0.1) is 0 Å². The van der Waals surface area contributed by atoms with Gasteiger partial charge in [0, 0.05) is 24.5 Å². The lowest BCUT2D eigenvalue weighted by molar-refractivity contribution is -0.144. The summed E-state index contributed by atoms with van der Waals surface area (Å²) in [6, 6.07) is 13.9. The molecule has 0 heterocycles. The summed E-state index contributed by atoms with van der Waals surface area (Å²) >= 11 is 0. The third-order valence-corrected chi connectivity index (χ3v) is 2.63. The Labute approximate surface area is 106 Å². The van der Waals surface area contributed by atoms with E-state index < -0.39 is 6.23 Å². The van der Waals surface area contributed by atoms with Gasteiger partial charge >= 0.3 is 5.97 Å². The van der Waals surface area contributed by atoms with Crippen LogP contribution in [-0.2, 0) is 9.53 Å². The Morgan fingerprint density at radius 1 is 1.28 bits per heavy atom. The van der Waals surface area contributed by atoms with Crippen LogP contribution >= 0.6 is 0 Å². The molecule has 1 atom stereocenters. The molecular weight excluding hydrogens is 228 g/mol. The van der Waals surface area contributed by atoms with E-state index in [1.165, 1.54) is 6.92 Å². The molecule has 0 aliphatic rings. The number of benzene rings is 2. The highest BCUT2D eigenvalue weighted by Gasteiger charge is 2.10. The van der Waals surface area contributed by atoms with Gasteiger partial charge in [0.2, 0.25) is 0 Å². The van der Waals surface area contributed by atoms with Crippen LogP contribution in [0.25, 0.3) is 10.8 Å². The maximum absolute atomic E-state index is 10.9. The Bertz CT molecular complexity index is 549. The molecule has 4 nitrogen and oxygen atoms in total. The van der Waals surface area contributed by atoms with Crippen LogP contribution in [0.4, 0.5) is 5.69 Å². The molecule has 0 saturated carbocycles. The summed E-state index contributed by atoms with van der Waals surface area (Å²) < 4.78 is 5.08. The van der Waals surface area contributed by atoms with Crippen molar-refractivity contribution in [3.05, 3.63) is 42.5 Å². The van der Waals surface area contributed by atoms with E-state index in [0.29, 0.717) is 0 Å². The van der Waals surface area contributed by atoms with Gasteiger partial charge in [-0.25, -0.2) is 0 Å². The van der Waals surface area contributed by atoms with Gasteiger partial charge in [-0.15, -0.1) is 0 Å². The Kier molecular flexibility index (Phi) is 3.79. The van der Waals surface area contributed by atoms with Crippen molar-refractivity contribution >= 4 is 22.4 Å². The number of esters is 1. The molecule has 0 radical (unpaired) electrons. The van der Waals surface area contributed by atoms with Crippen LogP contribution in [0.5, 0.6) is 0 Å². The summed E-state index contributed by atoms with van der Waals surface area (Å²) in [7, 11) is 0. The minimum absolute atomic E-state index is 0.225. The molecule has 0 aliphatic carbocycles. The lowest BCUT2D eigenvalue weighted by Crippen LogP contribution is -2.33. The number of rotatable bonds is 4. The Morgan fingerprint density at radius 3 is 2.72 bits per heavy atom. The Balaban J connectivity index is 2.27. The second kappa shape index (κ2) is 5.51. The van der Waals surface area contributed by atoms with Crippen molar-refractivity contribution in [3.63, 3.8) is 0 Å². The summed E-state index contributed by atoms with van der Waals surface area (Å²) in [5, 5.41) is 5.34. The zero-order valence-corrected chi connectivity index (χ0v) is 10.2. The molecule has 4 heteroatoms. The van der Waals surface area contributed by atoms with E-state index in [2.05, 4.69) is 5.32 Å². The normalized spacial score (nSPS) is 12.1. The molecule has 2 aromatic carbocycles. The van der Waals surface area contributed by atoms with Crippen LogP contribution in [0.15, 0.2) is 42.5 Å². The van der Waals surface area contributed by atoms with Gasteiger partial charge in [0.25, 0.3) is 0 Å². The van der Waals surface area contributed by atoms with Crippen LogP contribution in [0.2, 0.25) is 0 Å². The van der Waals surface area contributed by atoms with Gasteiger partial charge in [0.1, 0.15) is 0 Å². The van der Waals surface area contributed by atoms with E-state index in [4.69, 9.17) is 10.5 Å². The number of nitrogens with two attached hydrogens (primary N) is 1. The minimum atomic E-state index is -0.506. The van der Waals surface area contributed by atoms with Crippen molar-refractivity contribution in [3.8, 4) is 0 Å². The van der Waals surface area contributed by atoms with Crippen LogP contribution in [0.1, 0.15) is 6.92 Å². The molecule has 3 N–H and O–H groups in total. The second-order valence-corrected chi connectivity index (χ2v) is 4.00. The fourth-order valence-corrected chi connectivity index (χ4v) is 1.86. The van der Waals surface area contributed by atoms with Crippen molar-refractivity contribution in [2.24, 2.45) is 5.73 Å². The quantitative estimate of drug-likeness (QED) is 0.638. The average molecular weight is 244 g/mol. The molecule has 0 fully saturated rings. The second-order valence-electron chi connectivity index (χ2n) is 4.00. The largest absolute Gasteiger partial charge is 0.441 e. The fourth-order valence-electron chi connectivity index (χ4n) is 1.86. The SMILES string of the molecule is CC(=O)OC(CN)Nc1cccc2ccccc12. The van der Waals surface area contributed by atoms with E-state index in [-0.39, 0.29) is 12.5 Å². The zero-order chi connectivity index (χ0) is 13.0. The molecule has 2 aromatic rings. The van der Waals surface area contributed by atoms with Crippen LogP contribution in [0.3, 0.4) is 0 Å². The highest BCUT2D eigenvalue weighted by atomic mass is 16.6. The number of nitrogens with one attached hydrogen (secondary N) is 1. The van der Waals surface area contributed by atoms with E-state index in [1.54, 1.807) is 0 Å². The lowest BCUT2D eigenvalue weighted by Gasteiger charge is -2.19. The molecular formula is C14H16N2O2. The fraction of sp³-hybridized carbons (Fsp3) is 0.214. The summed E-state index contributed by atoms with van der Waals surface area (Å²) in [5.74, 6) is -0.349. The first-order valence-corrected chi connectivity index (χ1v) is 5.82. The summed E-state index contributed by atoms with van der Waals surface area (Å²) in [6.45, 7) is 1.59. The van der Waals surface area contributed by atoms with E-state index >= 15 is 0 Å². The van der Waals surface area contributed by atoms with Gasteiger partial charge in [0.15, 0.2) is 6.23 Å². The van der Waals surface area contributed by atoms with E-state index in [0.717, 1.165) is 16.5 Å². The standard InChI is InChI=1S/C14H16N2O2/c1-10(17)18-14(9-15)16-13-8-4-6-11-5-2-3-7-12(11)13/h2-8,14,16H,9,15H2,1H3. The van der Waals surface area contributed by atoms with Gasteiger partial charge in [-0.3, -0.25) is 4.79 Å². The molecule has 0 aliphatic heterocycles. The third kappa shape index (κ3) is 2.78. The van der Waals surface area contributed by atoms with Gasteiger partial charge in [-0.1, -0.05) is 36.4 Å². The number of hydrogen-bond acceptors (Lipinski definition) is 4. The minimum Gasteiger partial charge on any atom is -0.441 e. The van der Waals surface area contributed by atoms with Crippen molar-refractivity contribution in [2.45, 2.75) is 13.2 Å². The molecule has 18 heavy (non-hydrogen) atoms. The average Bonchev–Trinajstić information content (AvgIpc) is 2.38. The highest BCUT2D eigenvalue weighted by molar-refractivity contribution is 5.93. The van der Waals surface area contributed by atoms with Gasteiger partial charge in [-0.05, 0) is 11.5 Å². The van der Waals surface area contributed by atoms with Crippen LogP contribution in [-0.4, -0.2) is 18.7 Å². The first-order valence-electron chi connectivity index (χ1n) is 5.82. The van der Waals surface area contributed by atoms with Crippen molar-refractivity contribution in [1.82, 2.24) is 0 Å². The molecule has 1 unspecified atom stereocenters. The number of carbonyl (C=O) groups excluding carboxylic acids is 1. The van der Waals surface area contributed by atoms with Crippen molar-refractivity contribution in [1.29, 1.82) is 0 Å². The lowest BCUT2D eigenvalue weighted by atomic mass is 10.1. The molecule has 0 amide bonds. The molecule has 0 aromatic heterocycles. The maximum atomic E-state index is 10.9. The van der Waals surface area contributed by atoms with Crippen LogP contribution in [0, 0.1) is 0 Å². The number of anilines is 1. The van der Waals surface area contributed by atoms with Crippen molar-refractivity contribution < 1.29 is 9.53 Å².